The molecule has 2 aliphatic heterocycles. The van der Waals surface area contributed by atoms with Gasteiger partial charge in [0.1, 0.15) is 0 Å². The molecule has 120 valence electrons. The Morgan fingerprint density at radius 3 is 2.48 bits per heavy atom. The summed E-state index contributed by atoms with van der Waals surface area (Å²) in [4.78, 5) is 24.8. The van der Waals surface area contributed by atoms with Crippen molar-refractivity contribution >= 4 is 32.9 Å². The van der Waals surface area contributed by atoms with Crippen molar-refractivity contribution < 1.29 is 18.0 Å². The van der Waals surface area contributed by atoms with Crippen LogP contribution in [-0.4, -0.2) is 53.7 Å². The first kappa shape index (κ1) is 16.0. The number of hydrogen-bond donors (Lipinski definition) is 0. The molecule has 1 aromatic rings. The molecule has 0 spiro atoms. The molecule has 1 aromatic carbocycles. The van der Waals surface area contributed by atoms with Crippen molar-refractivity contribution in [2.75, 3.05) is 18.8 Å². The van der Waals surface area contributed by atoms with Crippen molar-refractivity contribution in [2.24, 2.45) is 0 Å². The molecule has 9 heteroatoms. The van der Waals surface area contributed by atoms with Gasteiger partial charge in [0, 0.05) is 13.1 Å². The van der Waals surface area contributed by atoms with Crippen LogP contribution >= 0.6 is 11.8 Å². The van der Waals surface area contributed by atoms with Gasteiger partial charge in [0.2, 0.25) is 15.9 Å². The van der Waals surface area contributed by atoms with E-state index >= 15 is 0 Å². The Bertz CT molecular complexity index is 782. The maximum Gasteiger partial charge on any atom is 0.289 e. The third-order valence-corrected chi connectivity index (χ3v) is 6.61. The number of carbonyl (C=O) groups excluding carboxylic acids is 2. The zero-order valence-corrected chi connectivity index (χ0v) is 13.6. The maximum absolute atomic E-state index is 12.6. The minimum atomic E-state index is -3.69. The number of benzene rings is 1. The number of rotatable bonds is 3. The summed E-state index contributed by atoms with van der Waals surface area (Å²) in [6.45, 7) is 0.370. The lowest BCUT2D eigenvalue weighted by atomic mass is 10.2. The number of amides is 2. The topological polar surface area (TPSA) is 98.5 Å². The van der Waals surface area contributed by atoms with E-state index in [-0.39, 0.29) is 34.9 Å². The van der Waals surface area contributed by atoms with Crippen molar-refractivity contribution in [2.45, 2.75) is 17.4 Å². The quantitative estimate of drug-likeness (QED) is 0.806. The summed E-state index contributed by atoms with van der Waals surface area (Å²) in [6, 6.07) is 7.21. The van der Waals surface area contributed by atoms with Crippen LogP contribution in [0.3, 0.4) is 0 Å². The number of carbonyl (C=O) groups is 2. The molecule has 0 aromatic heterocycles. The summed E-state index contributed by atoms with van der Waals surface area (Å²) in [7, 11) is -3.69. The number of nitriles is 1. The van der Waals surface area contributed by atoms with Crippen molar-refractivity contribution in [3.05, 3.63) is 29.8 Å². The van der Waals surface area contributed by atoms with Crippen LogP contribution in [0.15, 0.2) is 29.2 Å². The lowest BCUT2D eigenvalue weighted by molar-refractivity contribution is -0.126. The summed E-state index contributed by atoms with van der Waals surface area (Å²) in [6.07, 6.45) is 0.438. The summed E-state index contributed by atoms with van der Waals surface area (Å²) in [5.74, 6) is -0.139. The zero-order chi connectivity index (χ0) is 16.6. The lowest BCUT2D eigenvalue weighted by Crippen LogP contribution is -2.41. The lowest BCUT2D eigenvalue weighted by Gasteiger charge is -2.21. The molecule has 23 heavy (non-hydrogen) atoms. The molecule has 0 N–H and O–H groups in total. The van der Waals surface area contributed by atoms with Gasteiger partial charge in [-0.05, 0) is 30.7 Å². The van der Waals surface area contributed by atoms with Gasteiger partial charge in [0.15, 0.2) is 0 Å². The van der Waals surface area contributed by atoms with E-state index < -0.39 is 16.1 Å². The van der Waals surface area contributed by atoms with E-state index in [1.54, 1.807) is 0 Å². The summed E-state index contributed by atoms with van der Waals surface area (Å²) in [5, 5.41) is 8.46. The molecular formula is C14H13N3O4S2. The fraction of sp³-hybridized carbons (Fsp3) is 0.357. The third-order valence-electron chi connectivity index (χ3n) is 3.90. The van der Waals surface area contributed by atoms with Gasteiger partial charge in [-0.1, -0.05) is 11.8 Å². The monoisotopic (exact) mass is 351 g/mol. The minimum Gasteiger partial charge on any atom is -0.273 e. The molecule has 2 heterocycles. The van der Waals surface area contributed by atoms with Gasteiger partial charge in [0.05, 0.1) is 28.3 Å². The van der Waals surface area contributed by atoms with E-state index in [2.05, 4.69) is 0 Å². The molecule has 2 saturated heterocycles. The molecular weight excluding hydrogens is 338 g/mol. The normalized spacial score (nSPS) is 22.6. The van der Waals surface area contributed by atoms with Gasteiger partial charge in [-0.3, -0.25) is 14.5 Å². The predicted molar refractivity (Wildman–Crippen MR) is 83.0 cm³/mol. The van der Waals surface area contributed by atoms with Crippen LogP contribution < -0.4 is 0 Å². The fourth-order valence-corrected chi connectivity index (χ4v) is 4.98. The van der Waals surface area contributed by atoms with E-state index in [0.717, 1.165) is 11.8 Å². The molecule has 2 fully saturated rings. The standard InChI is InChI=1S/C14H13N3O4S2/c15-7-10-1-3-12(4-2-10)23(20,21)16-6-5-11(8-16)17-13(18)9-22-14(17)19/h1-4,11H,5-6,8-9H2. The van der Waals surface area contributed by atoms with E-state index in [0.29, 0.717) is 12.0 Å². The zero-order valence-electron chi connectivity index (χ0n) is 12.0. The summed E-state index contributed by atoms with van der Waals surface area (Å²) < 4.78 is 26.5. The maximum atomic E-state index is 12.6. The van der Waals surface area contributed by atoms with Gasteiger partial charge in [-0.25, -0.2) is 8.42 Å². The second kappa shape index (κ2) is 5.96. The number of thioether (sulfide) groups is 1. The molecule has 1 unspecified atom stereocenters. The van der Waals surface area contributed by atoms with Crippen LogP contribution in [0.5, 0.6) is 0 Å². The first-order chi connectivity index (χ1) is 10.9. The molecule has 0 aliphatic carbocycles. The average Bonchev–Trinajstić information content (AvgIpc) is 3.14. The van der Waals surface area contributed by atoms with Crippen molar-refractivity contribution in [3.8, 4) is 6.07 Å². The van der Waals surface area contributed by atoms with E-state index in [4.69, 9.17) is 5.26 Å². The number of nitrogens with zero attached hydrogens (tertiary/aromatic N) is 3. The number of sulfonamides is 1. The molecule has 0 saturated carbocycles. The van der Waals surface area contributed by atoms with Gasteiger partial charge >= 0.3 is 0 Å². The molecule has 2 aliphatic rings. The Hall–Kier alpha value is -1.89. The Labute approximate surface area is 137 Å². The highest BCUT2D eigenvalue weighted by atomic mass is 32.2. The fourth-order valence-electron chi connectivity index (χ4n) is 2.71. The molecule has 0 radical (unpaired) electrons. The van der Waals surface area contributed by atoms with Crippen molar-refractivity contribution in [1.29, 1.82) is 5.26 Å². The van der Waals surface area contributed by atoms with E-state index in [1.165, 1.54) is 33.5 Å². The number of imide groups is 1. The highest BCUT2D eigenvalue weighted by Gasteiger charge is 2.42. The van der Waals surface area contributed by atoms with Gasteiger partial charge in [0.25, 0.3) is 5.24 Å². The first-order valence-corrected chi connectivity index (χ1v) is 9.35. The SMILES string of the molecule is N#Cc1ccc(S(=O)(=O)N2CCC(N3C(=O)CSC3=O)C2)cc1. The van der Waals surface area contributed by atoms with Crippen molar-refractivity contribution in [1.82, 2.24) is 9.21 Å². The minimum absolute atomic E-state index is 0.102. The second-order valence-corrected chi connectivity index (χ2v) is 8.12. The molecule has 3 rings (SSSR count). The van der Waals surface area contributed by atoms with Crippen LogP contribution in [0.4, 0.5) is 4.79 Å². The highest BCUT2D eigenvalue weighted by Crippen LogP contribution is 2.29. The van der Waals surface area contributed by atoms with Gasteiger partial charge < -0.3 is 0 Å². The van der Waals surface area contributed by atoms with Crippen LogP contribution in [0.2, 0.25) is 0 Å². The van der Waals surface area contributed by atoms with Crippen LogP contribution in [0.25, 0.3) is 0 Å². The molecule has 7 nitrogen and oxygen atoms in total. The predicted octanol–water partition coefficient (Wildman–Crippen LogP) is 1.02. The molecule has 1 atom stereocenters. The second-order valence-electron chi connectivity index (χ2n) is 5.26. The van der Waals surface area contributed by atoms with Crippen LogP contribution in [0.1, 0.15) is 12.0 Å². The average molecular weight is 351 g/mol. The third kappa shape index (κ3) is 2.85. The number of hydrogen-bond acceptors (Lipinski definition) is 6. The van der Waals surface area contributed by atoms with Crippen molar-refractivity contribution in [3.63, 3.8) is 0 Å². The highest BCUT2D eigenvalue weighted by molar-refractivity contribution is 8.14. The first-order valence-electron chi connectivity index (χ1n) is 6.92. The molecule has 0 bridgehead atoms. The van der Waals surface area contributed by atoms with Gasteiger partial charge in [-0.15, -0.1) is 0 Å². The Morgan fingerprint density at radius 1 is 1.22 bits per heavy atom. The summed E-state index contributed by atoms with van der Waals surface area (Å²) >= 11 is 0.948. The smallest absolute Gasteiger partial charge is 0.273 e. The molecule has 2 amide bonds. The van der Waals surface area contributed by atoms with E-state index in [9.17, 15) is 18.0 Å². The summed E-state index contributed by atoms with van der Waals surface area (Å²) in [5.41, 5.74) is 0.383. The Kier molecular flexibility index (Phi) is 4.14. The van der Waals surface area contributed by atoms with Gasteiger partial charge in [-0.2, -0.15) is 9.57 Å². The Balaban J connectivity index is 1.78. The Morgan fingerprint density at radius 2 is 1.91 bits per heavy atom. The van der Waals surface area contributed by atoms with Crippen LogP contribution in [-0.2, 0) is 14.8 Å². The largest absolute Gasteiger partial charge is 0.289 e. The van der Waals surface area contributed by atoms with Crippen LogP contribution in [0, 0.1) is 11.3 Å². The van der Waals surface area contributed by atoms with E-state index in [1.807, 2.05) is 6.07 Å².